The lowest BCUT2D eigenvalue weighted by Crippen LogP contribution is -2.39. The second-order valence-electron chi connectivity index (χ2n) is 6.60. The van der Waals surface area contributed by atoms with Crippen molar-refractivity contribution in [3.05, 3.63) is 47.5 Å². The van der Waals surface area contributed by atoms with Crippen molar-refractivity contribution in [2.75, 3.05) is 13.7 Å². The van der Waals surface area contributed by atoms with Gasteiger partial charge in [-0.25, -0.2) is 0 Å². The monoisotopic (exact) mass is 313 g/mol. The minimum absolute atomic E-state index is 0.0205. The van der Waals surface area contributed by atoms with Crippen molar-refractivity contribution in [3.8, 4) is 0 Å². The van der Waals surface area contributed by atoms with E-state index in [-0.39, 0.29) is 18.0 Å². The van der Waals surface area contributed by atoms with Gasteiger partial charge < -0.3 is 14.4 Å². The Morgan fingerprint density at radius 3 is 2.83 bits per heavy atom. The SMILES string of the molecule is COC(=O)C1[C@H]2C(=O)N(Cc3ccc(C)cc3)C[C@]23C=C[C@H]1O3. The molecule has 2 saturated heterocycles. The van der Waals surface area contributed by atoms with Gasteiger partial charge in [-0.2, -0.15) is 0 Å². The molecule has 0 radical (unpaired) electrons. The minimum atomic E-state index is -0.661. The Morgan fingerprint density at radius 1 is 1.39 bits per heavy atom. The second kappa shape index (κ2) is 4.93. The predicted octanol–water partition coefficient (Wildman–Crippen LogP) is 1.45. The van der Waals surface area contributed by atoms with Crippen molar-refractivity contribution in [2.45, 2.75) is 25.2 Å². The molecular formula is C18H19NO4. The number of nitrogens with zero attached hydrogens (tertiary/aromatic N) is 1. The third kappa shape index (κ3) is 2.03. The number of carbonyl (C=O) groups is 2. The van der Waals surface area contributed by atoms with Gasteiger partial charge in [0.1, 0.15) is 11.5 Å². The van der Waals surface area contributed by atoms with Gasteiger partial charge in [0, 0.05) is 6.54 Å². The molecule has 2 fully saturated rings. The highest BCUT2D eigenvalue weighted by Gasteiger charge is 2.67. The lowest BCUT2D eigenvalue weighted by atomic mass is 9.77. The summed E-state index contributed by atoms with van der Waals surface area (Å²) in [6, 6.07) is 8.13. The zero-order valence-corrected chi connectivity index (χ0v) is 13.2. The van der Waals surface area contributed by atoms with E-state index in [0.717, 1.165) is 5.56 Å². The number of ether oxygens (including phenoxy) is 2. The average Bonchev–Trinajstić information content (AvgIpc) is 3.18. The largest absolute Gasteiger partial charge is 0.469 e. The van der Waals surface area contributed by atoms with Gasteiger partial charge in [-0.15, -0.1) is 0 Å². The van der Waals surface area contributed by atoms with Crippen molar-refractivity contribution < 1.29 is 19.1 Å². The number of methoxy groups -OCH3 is 1. The fourth-order valence-corrected chi connectivity index (χ4v) is 4.03. The summed E-state index contributed by atoms with van der Waals surface area (Å²) in [5, 5.41) is 0. The molecule has 3 aliphatic rings. The molecule has 0 aliphatic carbocycles. The van der Waals surface area contributed by atoms with E-state index >= 15 is 0 Å². The molecule has 0 aromatic heterocycles. The first kappa shape index (κ1) is 14.5. The van der Waals surface area contributed by atoms with Crippen LogP contribution in [0.15, 0.2) is 36.4 Å². The van der Waals surface area contributed by atoms with Crippen LogP contribution >= 0.6 is 0 Å². The number of likely N-dealkylation sites (tertiary alicyclic amines) is 1. The molecule has 0 saturated carbocycles. The maximum Gasteiger partial charge on any atom is 0.312 e. The molecule has 23 heavy (non-hydrogen) atoms. The molecule has 3 heterocycles. The van der Waals surface area contributed by atoms with E-state index in [1.165, 1.54) is 12.7 Å². The first-order valence-corrected chi connectivity index (χ1v) is 7.83. The number of aryl methyl sites for hydroxylation is 1. The number of hydrogen-bond donors (Lipinski definition) is 0. The molecule has 4 atom stereocenters. The predicted molar refractivity (Wildman–Crippen MR) is 82.3 cm³/mol. The van der Waals surface area contributed by atoms with Crippen LogP contribution in [-0.4, -0.2) is 42.1 Å². The third-order valence-corrected chi connectivity index (χ3v) is 5.15. The van der Waals surface area contributed by atoms with E-state index in [2.05, 4.69) is 0 Å². The summed E-state index contributed by atoms with van der Waals surface area (Å²) < 4.78 is 10.9. The fraction of sp³-hybridized carbons (Fsp3) is 0.444. The summed E-state index contributed by atoms with van der Waals surface area (Å²) in [5.74, 6) is -1.37. The summed E-state index contributed by atoms with van der Waals surface area (Å²) in [6.07, 6.45) is 3.51. The highest BCUT2D eigenvalue weighted by molar-refractivity contribution is 5.91. The number of esters is 1. The number of benzene rings is 1. The summed E-state index contributed by atoms with van der Waals surface area (Å²) >= 11 is 0. The summed E-state index contributed by atoms with van der Waals surface area (Å²) in [5.41, 5.74) is 1.60. The van der Waals surface area contributed by atoms with Gasteiger partial charge in [-0.1, -0.05) is 42.0 Å². The van der Waals surface area contributed by atoms with Crippen LogP contribution < -0.4 is 0 Å². The molecule has 1 amide bonds. The summed E-state index contributed by atoms with van der Waals surface area (Å²) in [6.45, 7) is 3.06. The van der Waals surface area contributed by atoms with Crippen molar-refractivity contribution in [3.63, 3.8) is 0 Å². The quantitative estimate of drug-likeness (QED) is 0.626. The van der Waals surface area contributed by atoms with Crippen LogP contribution in [0.3, 0.4) is 0 Å². The number of fused-ring (bicyclic) bond motifs is 1. The minimum Gasteiger partial charge on any atom is -0.469 e. The van der Waals surface area contributed by atoms with E-state index in [4.69, 9.17) is 9.47 Å². The molecule has 2 bridgehead atoms. The highest BCUT2D eigenvalue weighted by atomic mass is 16.5. The van der Waals surface area contributed by atoms with E-state index < -0.39 is 17.4 Å². The number of carbonyl (C=O) groups excluding carboxylic acids is 2. The second-order valence-corrected chi connectivity index (χ2v) is 6.60. The van der Waals surface area contributed by atoms with Crippen LogP contribution in [0.2, 0.25) is 0 Å². The topological polar surface area (TPSA) is 55.8 Å². The molecule has 1 aromatic carbocycles. The van der Waals surface area contributed by atoms with Crippen LogP contribution in [0.1, 0.15) is 11.1 Å². The number of rotatable bonds is 3. The highest BCUT2D eigenvalue weighted by Crippen LogP contribution is 2.52. The maximum atomic E-state index is 12.9. The van der Waals surface area contributed by atoms with Crippen molar-refractivity contribution >= 4 is 11.9 Å². The Hall–Kier alpha value is -2.14. The molecule has 120 valence electrons. The van der Waals surface area contributed by atoms with Crippen molar-refractivity contribution in [2.24, 2.45) is 11.8 Å². The molecule has 3 aliphatic heterocycles. The van der Waals surface area contributed by atoms with Crippen molar-refractivity contribution in [1.82, 2.24) is 4.90 Å². The molecule has 1 aromatic rings. The van der Waals surface area contributed by atoms with Crippen LogP contribution in [-0.2, 0) is 25.6 Å². The first-order valence-electron chi connectivity index (χ1n) is 7.83. The van der Waals surface area contributed by atoms with E-state index in [0.29, 0.717) is 13.1 Å². The summed E-state index contributed by atoms with van der Waals surface area (Å²) in [7, 11) is 1.36. The van der Waals surface area contributed by atoms with Gasteiger partial charge in [0.2, 0.25) is 5.91 Å². The zero-order chi connectivity index (χ0) is 16.2. The Balaban J connectivity index is 1.60. The van der Waals surface area contributed by atoms with Gasteiger partial charge in [0.25, 0.3) is 0 Å². The molecule has 4 rings (SSSR count). The maximum absolute atomic E-state index is 12.9. The number of hydrogen-bond acceptors (Lipinski definition) is 4. The van der Waals surface area contributed by atoms with E-state index in [1.54, 1.807) is 4.90 Å². The van der Waals surface area contributed by atoms with Gasteiger partial charge in [0.05, 0.1) is 25.7 Å². The Kier molecular flexibility index (Phi) is 3.10. The van der Waals surface area contributed by atoms with Gasteiger partial charge in [-0.3, -0.25) is 9.59 Å². The molecule has 5 nitrogen and oxygen atoms in total. The Bertz CT molecular complexity index is 695. The van der Waals surface area contributed by atoms with Crippen LogP contribution in [0.5, 0.6) is 0 Å². The average molecular weight is 313 g/mol. The van der Waals surface area contributed by atoms with Crippen molar-refractivity contribution in [1.29, 1.82) is 0 Å². The molecule has 5 heteroatoms. The molecular weight excluding hydrogens is 294 g/mol. The van der Waals surface area contributed by atoms with Crippen LogP contribution in [0, 0.1) is 18.8 Å². The smallest absolute Gasteiger partial charge is 0.312 e. The van der Waals surface area contributed by atoms with Crippen LogP contribution in [0.25, 0.3) is 0 Å². The van der Waals surface area contributed by atoms with Crippen LogP contribution in [0.4, 0.5) is 0 Å². The molecule has 1 unspecified atom stereocenters. The van der Waals surface area contributed by atoms with Gasteiger partial charge in [0.15, 0.2) is 0 Å². The van der Waals surface area contributed by atoms with E-state index in [9.17, 15) is 9.59 Å². The van der Waals surface area contributed by atoms with E-state index in [1.807, 2.05) is 43.3 Å². The molecule has 1 spiro atoms. The normalized spacial score (nSPS) is 34.1. The Labute approximate surface area is 134 Å². The number of amides is 1. The lowest BCUT2D eigenvalue weighted by molar-refractivity contribution is -0.151. The Morgan fingerprint density at radius 2 is 2.13 bits per heavy atom. The lowest BCUT2D eigenvalue weighted by Gasteiger charge is -2.22. The third-order valence-electron chi connectivity index (χ3n) is 5.15. The van der Waals surface area contributed by atoms with Gasteiger partial charge >= 0.3 is 5.97 Å². The first-order chi connectivity index (χ1) is 11.0. The van der Waals surface area contributed by atoms with Gasteiger partial charge in [-0.05, 0) is 12.5 Å². The summed E-state index contributed by atoms with van der Waals surface area (Å²) in [4.78, 5) is 26.8. The standard InChI is InChI=1S/C18H19NO4/c1-11-3-5-12(6-4-11)9-19-10-18-8-7-13(23-18)14(17(21)22-2)15(18)16(19)20/h3-8,13-15H,9-10H2,1-2H3/t13-,14?,15+,18-/m1/s1. The zero-order valence-electron chi connectivity index (χ0n) is 13.2. The molecule has 0 N–H and O–H groups in total. The fourth-order valence-electron chi connectivity index (χ4n) is 4.03.